The highest BCUT2D eigenvalue weighted by Crippen LogP contribution is 2.67. The fraction of sp³-hybridized carbons (Fsp3) is 0.806. The van der Waals surface area contributed by atoms with Crippen LogP contribution in [0.15, 0.2) is 36.0 Å². The number of aliphatic hydroxyl groups is 2. The second kappa shape index (κ2) is 8.66. The number of hydrogen-bond donors (Lipinski definition) is 2. The van der Waals surface area contributed by atoms with Gasteiger partial charge in [0.1, 0.15) is 0 Å². The molecule has 0 bridgehead atoms. The summed E-state index contributed by atoms with van der Waals surface area (Å²) in [6.45, 7) is 20.8. The van der Waals surface area contributed by atoms with Gasteiger partial charge in [-0.3, -0.25) is 0 Å². The van der Waals surface area contributed by atoms with E-state index in [2.05, 4.69) is 73.3 Å². The van der Waals surface area contributed by atoms with Crippen LogP contribution in [-0.4, -0.2) is 22.4 Å². The maximum Gasteiger partial charge on any atom is 0.0757 e. The van der Waals surface area contributed by atoms with Gasteiger partial charge in [0.15, 0.2) is 0 Å². The first kappa shape index (κ1) is 25.2. The molecule has 0 radical (unpaired) electrons. The summed E-state index contributed by atoms with van der Waals surface area (Å²) in [5.74, 6) is 3.19. The molecule has 3 saturated carbocycles. The van der Waals surface area contributed by atoms with Crippen molar-refractivity contribution in [2.75, 3.05) is 0 Å². The number of allylic oxidation sites excluding steroid dienone is 3. The minimum atomic E-state index is -0.341. The van der Waals surface area contributed by atoms with Gasteiger partial charge in [0, 0.05) is 5.92 Å². The SMILES string of the molecule is C=C(C)[C@@H](/C=C/[C@@H](C)[C@H]1CC[C@H]2[C@@H]3[C@H](O)C=C4C[C@@H](O)CC[C@]4(C)[C@H]3CC[C@]12C)C(C)(C)C. The van der Waals surface area contributed by atoms with E-state index in [4.69, 9.17) is 0 Å². The summed E-state index contributed by atoms with van der Waals surface area (Å²) in [7, 11) is 0. The Bertz CT molecular complexity index is 815. The maximum absolute atomic E-state index is 11.4. The highest BCUT2D eigenvalue weighted by Gasteiger charge is 2.61. The quantitative estimate of drug-likeness (QED) is 0.437. The molecule has 0 unspecified atom stereocenters. The molecule has 4 aliphatic rings. The Balaban J connectivity index is 1.57. The summed E-state index contributed by atoms with van der Waals surface area (Å²) < 4.78 is 0. The second-order valence-electron chi connectivity index (χ2n) is 13.9. The summed E-state index contributed by atoms with van der Waals surface area (Å²) in [5.41, 5.74) is 3.28. The second-order valence-corrected chi connectivity index (χ2v) is 13.9. The van der Waals surface area contributed by atoms with E-state index < -0.39 is 0 Å². The van der Waals surface area contributed by atoms with Crippen LogP contribution in [0.3, 0.4) is 0 Å². The summed E-state index contributed by atoms with van der Waals surface area (Å²) in [5, 5.41) is 21.6. The van der Waals surface area contributed by atoms with Crippen LogP contribution in [0.4, 0.5) is 0 Å². The predicted molar refractivity (Wildman–Crippen MR) is 139 cm³/mol. The summed E-state index contributed by atoms with van der Waals surface area (Å²) in [6, 6.07) is 0. The van der Waals surface area contributed by atoms with Crippen molar-refractivity contribution in [1.29, 1.82) is 0 Å². The van der Waals surface area contributed by atoms with E-state index in [1.807, 2.05) is 0 Å². The van der Waals surface area contributed by atoms with Crippen LogP contribution in [0, 0.1) is 51.8 Å². The normalized spacial score (nSPS) is 45.1. The van der Waals surface area contributed by atoms with E-state index in [-0.39, 0.29) is 23.0 Å². The summed E-state index contributed by atoms with van der Waals surface area (Å²) in [4.78, 5) is 0. The lowest BCUT2D eigenvalue weighted by molar-refractivity contribution is -0.0950. The first-order valence-corrected chi connectivity index (χ1v) is 13.7. The molecular weight excluding hydrogens is 404 g/mol. The van der Waals surface area contributed by atoms with Crippen molar-refractivity contribution in [2.24, 2.45) is 51.8 Å². The molecule has 0 saturated heterocycles. The number of rotatable bonds is 4. The van der Waals surface area contributed by atoms with E-state index in [1.54, 1.807) is 0 Å². The van der Waals surface area contributed by atoms with E-state index in [1.165, 1.54) is 36.8 Å². The lowest BCUT2D eigenvalue weighted by atomic mass is 9.46. The van der Waals surface area contributed by atoms with E-state index in [0.29, 0.717) is 40.9 Å². The Morgan fingerprint density at radius 3 is 2.39 bits per heavy atom. The minimum Gasteiger partial charge on any atom is -0.393 e. The van der Waals surface area contributed by atoms with Gasteiger partial charge in [0.25, 0.3) is 0 Å². The van der Waals surface area contributed by atoms with Gasteiger partial charge in [0.2, 0.25) is 0 Å². The van der Waals surface area contributed by atoms with Crippen LogP contribution >= 0.6 is 0 Å². The monoisotopic (exact) mass is 454 g/mol. The van der Waals surface area contributed by atoms with Crippen molar-refractivity contribution in [3.05, 3.63) is 36.0 Å². The van der Waals surface area contributed by atoms with Gasteiger partial charge in [0.05, 0.1) is 12.2 Å². The molecule has 0 aliphatic heterocycles. The molecule has 0 aromatic rings. The fourth-order valence-corrected chi connectivity index (χ4v) is 9.15. The van der Waals surface area contributed by atoms with Gasteiger partial charge in [-0.2, -0.15) is 0 Å². The molecular formula is C31H50O2. The van der Waals surface area contributed by atoms with Crippen molar-refractivity contribution in [1.82, 2.24) is 0 Å². The Morgan fingerprint density at radius 2 is 1.76 bits per heavy atom. The zero-order valence-electron chi connectivity index (χ0n) is 22.4. The molecule has 4 aliphatic carbocycles. The third kappa shape index (κ3) is 4.22. The number of hydrogen-bond acceptors (Lipinski definition) is 2. The first-order valence-electron chi connectivity index (χ1n) is 13.7. The van der Waals surface area contributed by atoms with Crippen molar-refractivity contribution >= 4 is 0 Å². The lowest BCUT2D eigenvalue weighted by Gasteiger charge is -2.59. The van der Waals surface area contributed by atoms with Gasteiger partial charge in [-0.25, -0.2) is 0 Å². The predicted octanol–water partition coefficient (Wildman–Crippen LogP) is 7.33. The molecule has 2 nitrogen and oxygen atoms in total. The maximum atomic E-state index is 11.4. The average molecular weight is 455 g/mol. The number of aliphatic hydroxyl groups excluding tert-OH is 2. The van der Waals surface area contributed by atoms with E-state index in [0.717, 1.165) is 19.3 Å². The van der Waals surface area contributed by atoms with Gasteiger partial charge in [-0.05, 0) is 97.7 Å². The van der Waals surface area contributed by atoms with Gasteiger partial charge in [-0.1, -0.05) is 77.5 Å². The van der Waals surface area contributed by atoms with Crippen LogP contribution in [0.1, 0.15) is 93.4 Å². The molecule has 0 spiro atoms. The fourth-order valence-electron chi connectivity index (χ4n) is 9.15. The smallest absolute Gasteiger partial charge is 0.0757 e. The van der Waals surface area contributed by atoms with Crippen LogP contribution < -0.4 is 0 Å². The van der Waals surface area contributed by atoms with Gasteiger partial charge in [-0.15, -0.1) is 0 Å². The largest absolute Gasteiger partial charge is 0.393 e. The molecule has 2 heteroatoms. The van der Waals surface area contributed by atoms with Crippen molar-refractivity contribution in [3.63, 3.8) is 0 Å². The van der Waals surface area contributed by atoms with Crippen molar-refractivity contribution in [3.8, 4) is 0 Å². The third-order valence-corrected chi connectivity index (χ3v) is 10.9. The molecule has 33 heavy (non-hydrogen) atoms. The molecule has 3 fully saturated rings. The first-order chi connectivity index (χ1) is 15.3. The van der Waals surface area contributed by atoms with Gasteiger partial charge >= 0.3 is 0 Å². The molecule has 0 heterocycles. The van der Waals surface area contributed by atoms with Crippen LogP contribution in [0.25, 0.3) is 0 Å². The van der Waals surface area contributed by atoms with Crippen LogP contribution in [0.5, 0.6) is 0 Å². The molecule has 0 aromatic carbocycles. The third-order valence-electron chi connectivity index (χ3n) is 10.9. The van der Waals surface area contributed by atoms with Crippen molar-refractivity contribution < 1.29 is 10.2 Å². The van der Waals surface area contributed by atoms with E-state index in [9.17, 15) is 10.2 Å². The van der Waals surface area contributed by atoms with Crippen LogP contribution in [-0.2, 0) is 0 Å². The zero-order chi connectivity index (χ0) is 24.3. The highest BCUT2D eigenvalue weighted by atomic mass is 16.3. The minimum absolute atomic E-state index is 0.176. The Labute approximate surface area is 203 Å². The summed E-state index contributed by atoms with van der Waals surface area (Å²) >= 11 is 0. The molecule has 186 valence electrons. The van der Waals surface area contributed by atoms with Gasteiger partial charge < -0.3 is 10.2 Å². The number of fused-ring (bicyclic) bond motifs is 5. The topological polar surface area (TPSA) is 40.5 Å². The Hall–Kier alpha value is -0.860. The average Bonchev–Trinajstić information content (AvgIpc) is 3.05. The molecule has 10 atom stereocenters. The molecule has 0 amide bonds. The van der Waals surface area contributed by atoms with E-state index >= 15 is 0 Å². The Morgan fingerprint density at radius 1 is 1.06 bits per heavy atom. The standard InChI is InChI=1S/C31H50O2/c1-19(2)23(29(4,5)6)10-9-20(3)24-11-12-25-28-26(14-16-31(24,25)8)30(7)15-13-22(32)17-21(30)18-27(28)33/h9-10,18,20,22-28,32-33H,1,11-17H2,2-8H3/b10-9+/t20-,22+,23-,24-,25+,26+,27-,28+,30+,31-/m1/s1. The van der Waals surface area contributed by atoms with Crippen molar-refractivity contribution in [2.45, 2.75) is 106 Å². The zero-order valence-corrected chi connectivity index (χ0v) is 22.4. The molecule has 4 rings (SSSR count). The molecule has 0 aromatic heterocycles. The Kier molecular flexibility index (Phi) is 6.63. The highest BCUT2D eigenvalue weighted by molar-refractivity contribution is 5.28. The molecule has 2 N–H and O–H groups in total. The lowest BCUT2D eigenvalue weighted by Crippen LogP contribution is -2.54. The summed E-state index contributed by atoms with van der Waals surface area (Å²) in [6.07, 6.45) is 14.3. The van der Waals surface area contributed by atoms with Crippen LogP contribution in [0.2, 0.25) is 0 Å².